The Morgan fingerprint density at radius 2 is 2.02 bits per heavy atom. The Morgan fingerprint density at radius 3 is 2.56 bits per heavy atom. The van der Waals surface area contributed by atoms with Crippen LogP contribution in [-0.4, -0.2) is 71.7 Å². The number of benzene rings is 1. The molecule has 0 aliphatic rings. The molecule has 4 N–H and O–H groups in total. The van der Waals surface area contributed by atoms with E-state index in [0.717, 1.165) is 0 Å². The number of amidine groups is 2. The number of carbonyl (C=O) groups excluding carboxylic acids is 2. The molecule has 0 aliphatic carbocycles. The fourth-order valence-electron chi connectivity index (χ4n) is 4.12. The van der Waals surface area contributed by atoms with Gasteiger partial charge >= 0.3 is 0 Å². The van der Waals surface area contributed by atoms with Crippen LogP contribution < -0.4 is 16.0 Å². The standard InChI is InChI=1S/C29H37ClFN7O3/c1-7-8-12-37(20(5)15-34-16-39)28(33-6)21-13-22(30)26(25-23(31)10-9-11-24(25)41)36-29(21)38(17-40)27(19(4)14-32)35-18(2)3/h7,9-11,13-14,16-18,20,41H,1,8,12,15,32H2,2-6H3,(H,34,39). The lowest BCUT2D eigenvalue weighted by Crippen LogP contribution is -2.45. The number of phenolic OH excluding ortho intramolecular Hbond substituents is 1. The smallest absolute Gasteiger partial charge is 0.221 e. The van der Waals surface area contributed by atoms with Crippen molar-refractivity contribution in [1.29, 1.82) is 0 Å². The molecule has 0 aliphatic heterocycles. The number of hydrogen-bond donors (Lipinski definition) is 3. The molecular formula is C29H37ClFN7O3. The molecule has 12 heteroatoms. The van der Waals surface area contributed by atoms with Crippen molar-refractivity contribution in [2.24, 2.45) is 15.7 Å². The van der Waals surface area contributed by atoms with Gasteiger partial charge in [0, 0.05) is 44.0 Å². The number of pyridine rings is 1. The molecule has 41 heavy (non-hydrogen) atoms. The molecule has 0 saturated heterocycles. The van der Waals surface area contributed by atoms with E-state index in [-0.39, 0.29) is 45.8 Å². The molecule has 0 spiro atoms. The van der Waals surface area contributed by atoms with Crippen LogP contribution >= 0.6 is 11.6 Å². The number of aromatic nitrogens is 1. The Kier molecular flexibility index (Phi) is 12.5. The predicted octanol–water partition coefficient (Wildman–Crippen LogP) is 4.27. The van der Waals surface area contributed by atoms with E-state index in [1.54, 1.807) is 20.0 Å². The van der Waals surface area contributed by atoms with E-state index in [4.69, 9.17) is 17.3 Å². The second-order valence-electron chi connectivity index (χ2n) is 9.39. The molecule has 0 radical (unpaired) electrons. The summed E-state index contributed by atoms with van der Waals surface area (Å²) in [5.74, 6) is -0.500. The van der Waals surface area contributed by atoms with Gasteiger partial charge < -0.3 is 21.1 Å². The number of nitrogens with one attached hydrogen (secondary N) is 1. The molecule has 0 bridgehead atoms. The van der Waals surface area contributed by atoms with Gasteiger partial charge in [-0.15, -0.1) is 6.58 Å². The molecule has 2 aromatic rings. The van der Waals surface area contributed by atoms with E-state index >= 15 is 0 Å². The number of carbonyl (C=O) groups is 2. The monoisotopic (exact) mass is 585 g/mol. The number of hydrogen-bond acceptors (Lipinski definition) is 7. The Labute approximate surface area is 245 Å². The zero-order chi connectivity index (χ0) is 30.7. The van der Waals surface area contributed by atoms with Crippen LogP contribution in [0.3, 0.4) is 0 Å². The number of halogens is 2. The first-order valence-electron chi connectivity index (χ1n) is 13.0. The Balaban J connectivity index is 3.01. The summed E-state index contributed by atoms with van der Waals surface area (Å²) in [6, 6.07) is 4.87. The molecular weight excluding hydrogens is 549 g/mol. The van der Waals surface area contributed by atoms with Gasteiger partial charge in [-0.2, -0.15) is 0 Å². The molecule has 0 fully saturated rings. The zero-order valence-electron chi connectivity index (χ0n) is 23.9. The highest BCUT2D eigenvalue weighted by Crippen LogP contribution is 2.38. The fraction of sp³-hybridized carbons (Fsp3) is 0.345. The van der Waals surface area contributed by atoms with Crippen LogP contribution in [0.1, 0.15) is 39.7 Å². The lowest BCUT2D eigenvalue weighted by molar-refractivity contribution is -0.109. The van der Waals surface area contributed by atoms with Crippen LogP contribution in [0.4, 0.5) is 10.2 Å². The largest absolute Gasteiger partial charge is 0.507 e. The van der Waals surface area contributed by atoms with E-state index in [0.29, 0.717) is 49.3 Å². The normalized spacial score (nSPS) is 13.1. The van der Waals surface area contributed by atoms with Gasteiger partial charge in [0.1, 0.15) is 23.2 Å². The molecule has 0 saturated carbocycles. The number of nitrogens with two attached hydrogens (primary N) is 1. The number of rotatable bonds is 13. The fourth-order valence-corrected chi connectivity index (χ4v) is 4.37. The van der Waals surface area contributed by atoms with E-state index in [1.165, 1.54) is 35.4 Å². The Hall–Kier alpha value is -4.25. The molecule has 1 unspecified atom stereocenters. The van der Waals surface area contributed by atoms with Gasteiger partial charge in [-0.05, 0) is 52.3 Å². The van der Waals surface area contributed by atoms with Crippen LogP contribution in [0.15, 0.2) is 58.7 Å². The highest BCUT2D eigenvalue weighted by atomic mass is 35.5. The lowest BCUT2D eigenvalue weighted by Gasteiger charge is -2.33. The number of nitrogens with zero attached hydrogens (tertiary/aromatic N) is 5. The first kappa shape index (κ1) is 33.0. The van der Waals surface area contributed by atoms with E-state index < -0.39 is 5.82 Å². The summed E-state index contributed by atoms with van der Waals surface area (Å²) < 4.78 is 15.0. The summed E-state index contributed by atoms with van der Waals surface area (Å²) in [5.41, 5.74) is 6.32. The summed E-state index contributed by atoms with van der Waals surface area (Å²) >= 11 is 6.70. The summed E-state index contributed by atoms with van der Waals surface area (Å²) in [5, 5.41) is 13.2. The topological polar surface area (TPSA) is 137 Å². The van der Waals surface area contributed by atoms with Crippen molar-refractivity contribution in [3.63, 3.8) is 0 Å². The molecule has 1 aromatic carbocycles. The van der Waals surface area contributed by atoms with Crippen molar-refractivity contribution >= 4 is 41.9 Å². The molecule has 10 nitrogen and oxygen atoms in total. The highest BCUT2D eigenvalue weighted by molar-refractivity contribution is 6.34. The summed E-state index contributed by atoms with van der Waals surface area (Å²) in [7, 11) is 1.57. The number of phenols is 1. The van der Waals surface area contributed by atoms with Gasteiger partial charge in [-0.3, -0.25) is 24.5 Å². The summed E-state index contributed by atoms with van der Waals surface area (Å²) in [6.07, 6.45) is 4.77. The third-order valence-corrected chi connectivity index (χ3v) is 6.34. The van der Waals surface area contributed by atoms with E-state index in [2.05, 4.69) is 26.9 Å². The molecule has 1 aromatic heterocycles. The average molecular weight is 586 g/mol. The van der Waals surface area contributed by atoms with Gasteiger partial charge in [0.05, 0.1) is 21.8 Å². The van der Waals surface area contributed by atoms with Gasteiger partial charge in [-0.1, -0.05) is 23.7 Å². The second-order valence-corrected chi connectivity index (χ2v) is 9.80. The average Bonchev–Trinajstić information content (AvgIpc) is 2.94. The minimum absolute atomic E-state index is 0.00641. The Morgan fingerprint density at radius 1 is 1.32 bits per heavy atom. The van der Waals surface area contributed by atoms with Gasteiger partial charge in [-0.25, -0.2) is 9.37 Å². The van der Waals surface area contributed by atoms with Crippen molar-refractivity contribution < 1.29 is 19.1 Å². The van der Waals surface area contributed by atoms with Crippen LogP contribution in [-0.2, 0) is 9.59 Å². The van der Waals surface area contributed by atoms with Gasteiger partial charge in [0.15, 0.2) is 5.82 Å². The van der Waals surface area contributed by atoms with Crippen LogP contribution in [0.5, 0.6) is 5.75 Å². The maximum Gasteiger partial charge on any atom is 0.221 e. The lowest BCUT2D eigenvalue weighted by atomic mass is 10.1. The van der Waals surface area contributed by atoms with E-state index in [1.807, 2.05) is 25.7 Å². The first-order chi connectivity index (χ1) is 19.6. The Bertz CT molecular complexity index is 1320. The highest BCUT2D eigenvalue weighted by Gasteiger charge is 2.29. The number of aromatic hydroxyl groups is 1. The van der Waals surface area contributed by atoms with Crippen LogP contribution in [0.2, 0.25) is 5.02 Å². The zero-order valence-corrected chi connectivity index (χ0v) is 24.7. The second kappa shape index (κ2) is 15.5. The number of aliphatic imine (C=N–C) groups is 2. The van der Waals surface area contributed by atoms with Gasteiger partial charge in [0.2, 0.25) is 12.8 Å². The van der Waals surface area contributed by atoms with Crippen molar-refractivity contribution in [3.8, 4) is 17.0 Å². The van der Waals surface area contributed by atoms with Crippen molar-refractivity contribution in [1.82, 2.24) is 15.2 Å². The minimum atomic E-state index is -0.754. The molecule has 1 atom stereocenters. The third-order valence-electron chi connectivity index (χ3n) is 6.06. The van der Waals surface area contributed by atoms with Gasteiger partial charge in [0.25, 0.3) is 0 Å². The molecule has 2 rings (SSSR count). The third kappa shape index (κ3) is 7.91. The maximum atomic E-state index is 15.0. The molecule has 1 heterocycles. The van der Waals surface area contributed by atoms with Crippen LogP contribution in [0, 0.1) is 5.82 Å². The quantitative estimate of drug-likeness (QED) is 0.139. The number of amides is 2. The maximum absolute atomic E-state index is 15.0. The SMILES string of the molecule is C=CCCN(C(=NC)c1cc(Cl)c(-c2c(O)cccc2F)nc1N(C=O)C(=NC(C)C)C(C)=CN)C(C)CNC=O. The van der Waals surface area contributed by atoms with E-state index in [9.17, 15) is 19.1 Å². The summed E-state index contributed by atoms with van der Waals surface area (Å²) in [6.45, 7) is 11.8. The summed E-state index contributed by atoms with van der Waals surface area (Å²) in [4.78, 5) is 40.7. The molecule has 2 amide bonds. The minimum Gasteiger partial charge on any atom is -0.507 e. The first-order valence-corrected chi connectivity index (χ1v) is 13.3. The molecule has 220 valence electrons. The predicted molar refractivity (Wildman–Crippen MR) is 163 cm³/mol. The number of anilines is 1. The van der Waals surface area contributed by atoms with Crippen molar-refractivity contribution in [3.05, 3.63) is 65.1 Å². The van der Waals surface area contributed by atoms with Crippen LogP contribution in [0.25, 0.3) is 11.3 Å². The van der Waals surface area contributed by atoms with Crippen molar-refractivity contribution in [2.45, 2.75) is 46.2 Å². The van der Waals surface area contributed by atoms with Crippen molar-refractivity contribution in [2.75, 3.05) is 25.0 Å².